The Kier molecular flexibility index (Phi) is 4.48. The SMILES string of the molecule is CN(C)C/C=C/[C@@]1(c2ccc(F)cc2)OCc2cc(C#N)ccc21. The lowest BCUT2D eigenvalue weighted by atomic mass is 9.84. The summed E-state index contributed by atoms with van der Waals surface area (Å²) in [5.74, 6) is -0.274. The van der Waals surface area contributed by atoms with Crippen LogP contribution in [0.25, 0.3) is 0 Å². The van der Waals surface area contributed by atoms with Gasteiger partial charge < -0.3 is 9.64 Å². The molecule has 0 amide bonds. The molecule has 0 bridgehead atoms. The number of benzene rings is 2. The zero-order valence-electron chi connectivity index (χ0n) is 13.8. The molecule has 1 atom stereocenters. The van der Waals surface area contributed by atoms with E-state index >= 15 is 0 Å². The molecule has 0 radical (unpaired) electrons. The van der Waals surface area contributed by atoms with Crippen molar-refractivity contribution < 1.29 is 9.13 Å². The number of ether oxygens (including phenoxy) is 1. The van der Waals surface area contributed by atoms with E-state index in [0.29, 0.717) is 12.2 Å². The molecule has 0 spiro atoms. The van der Waals surface area contributed by atoms with Gasteiger partial charge in [-0.1, -0.05) is 24.3 Å². The highest BCUT2D eigenvalue weighted by Crippen LogP contribution is 2.43. The lowest BCUT2D eigenvalue weighted by Gasteiger charge is -2.27. The smallest absolute Gasteiger partial charge is 0.137 e. The predicted octanol–water partition coefficient (Wildman–Crippen LogP) is 3.59. The molecule has 122 valence electrons. The molecule has 0 saturated carbocycles. The maximum Gasteiger partial charge on any atom is 0.137 e. The molecule has 0 saturated heterocycles. The molecule has 2 aromatic carbocycles. The quantitative estimate of drug-likeness (QED) is 0.807. The fourth-order valence-electron chi connectivity index (χ4n) is 3.01. The lowest BCUT2D eigenvalue weighted by Crippen LogP contribution is -2.25. The van der Waals surface area contributed by atoms with Crippen molar-refractivity contribution in [1.29, 1.82) is 5.26 Å². The third kappa shape index (κ3) is 2.96. The van der Waals surface area contributed by atoms with Crippen molar-refractivity contribution in [2.45, 2.75) is 12.2 Å². The highest BCUT2D eigenvalue weighted by atomic mass is 19.1. The summed E-state index contributed by atoms with van der Waals surface area (Å²) in [6.45, 7) is 1.20. The van der Waals surface area contributed by atoms with Crippen LogP contribution < -0.4 is 0 Å². The largest absolute Gasteiger partial charge is 0.357 e. The standard InChI is InChI=1S/C20H19FN2O/c1-23(2)11-3-10-20(17-5-7-18(21)8-6-17)19-9-4-15(13-22)12-16(19)14-24-20/h3-10,12H,11,14H2,1-2H3/b10-3+/t20-/m0/s1. The van der Waals surface area contributed by atoms with Crippen molar-refractivity contribution in [1.82, 2.24) is 4.90 Å². The molecular formula is C20H19FN2O. The normalized spacial score (nSPS) is 19.6. The highest BCUT2D eigenvalue weighted by Gasteiger charge is 2.39. The highest BCUT2D eigenvalue weighted by molar-refractivity contribution is 5.50. The first kappa shape index (κ1) is 16.4. The second-order valence-electron chi connectivity index (χ2n) is 6.18. The van der Waals surface area contributed by atoms with Gasteiger partial charge >= 0.3 is 0 Å². The van der Waals surface area contributed by atoms with E-state index in [1.165, 1.54) is 12.1 Å². The molecule has 0 unspecified atom stereocenters. The van der Waals surface area contributed by atoms with Crippen molar-refractivity contribution in [3.63, 3.8) is 0 Å². The monoisotopic (exact) mass is 322 g/mol. The third-order valence-corrected chi connectivity index (χ3v) is 4.19. The van der Waals surface area contributed by atoms with Gasteiger partial charge in [-0.15, -0.1) is 0 Å². The van der Waals surface area contributed by atoms with Gasteiger partial charge in [0.15, 0.2) is 0 Å². The second kappa shape index (κ2) is 6.56. The van der Waals surface area contributed by atoms with Crippen molar-refractivity contribution in [2.75, 3.05) is 20.6 Å². The number of hydrogen-bond donors (Lipinski definition) is 0. The van der Waals surface area contributed by atoms with Gasteiger partial charge in [0, 0.05) is 6.54 Å². The Morgan fingerprint density at radius 2 is 2.00 bits per heavy atom. The Bertz CT molecular complexity index is 805. The summed E-state index contributed by atoms with van der Waals surface area (Å²) in [6, 6.07) is 14.2. The van der Waals surface area contributed by atoms with Crippen LogP contribution in [0.15, 0.2) is 54.6 Å². The van der Waals surface area contributed by atoms with Crippen molar-refractivity contribution in [3.8, 4) is 6.07 Å². The van der Waals surface area contributed by atoms with Gasteiger partial charge in [0.25, 0.3) is 0 Å². The zero-order valence-corrected chi connectivity index (χ0v) is 13.8. The fourth-order valence-corrected chi connectivity index (χ4v) is 3.01. The molecule has 3 rings (SSSR count). The van der Waals surface area contributed by atoms with E-state index in [1.54, 1.807) is 18.2 Å². The number of nitrogens with zero attached hydrogens (tertiary/aromatic N) is 2. The summed E-state index contributed by atoms with van der Waals surface area (Å²) < 4.78 is 19.5. The van der Waals surface area contributed by atoms with Crippen molar-refractivity contribution in [3.05, 3.63) is 82.7 Å². The van der Waals surface area contributed by atoms with Gasteiger partial charge in [-0.2, -0.15) is 5.26 Å². The van der Waals surface area contributed by atoms with Crippen LogP contribution in [0, 0.1) is 17.1 Å². The first-order chi connectivity index (χ1) is 11.5. The Morgan fingerprint density at radius 1 is 1.25 bits per heavy atom. The van der Waals surface area contributed by atoms with Crippen molar-refractivity contribution >= 4 is 0 Å². The fraction of sp³-hybridized carbons (Fsp3) is 0.250. The molecule has 0 aromatic heterocycles. The average Bonchev–Trinajstić information content (AvgIpc) is 2.94. The number of likely N-dealkylation sites (N-methyl/N-ethyl adjacent to an activating group) is 1. The molecular weight excluding hydrogens is 303 g/mol. The minimum absolute atomic E-state index is 0.274. The van der Waals surface area contributed by atoms with Gasteiger partial charge in [-0.05, 0) is 61.1 Å². The van der Waals surface area contributed by atoms with Gasteiger partial charge in [0.05, 0.1) is 18.2 Å². The summed E-state index contributed by atoms with van der Waals surface area (Å²) in [6.07, 6.45) is 4.08. The Labute approximate surface area is 141 Å². The molecule has 2 aromatic rings. The molecule has 24 heavy (non-hydrogen) atoms. The number of rotatable bonds is 4. The van der Waals surface area contributed by atoms with Crippen LogP contribution in [0.5, 0.6) is 0 Å². The van der Waals surface area contributed by atoms with Crippen LogP contribution in [0.2, 0.25) is 0 Å². The van der Waals surface area contributed by atoms with E-state index in [2.05, 4.69) is 17.0 Å². The van der Waals surface area contributed by atoms with Gasteiger partial charge in [-0.3, -0.25) is 0 Å². The molecule has 1 aliphatic heterocycles. The number of fused-ring (bicyclic) bond motifs is 1. The minimum Gasteiger partial charge on any atom is -0.357 e. The first-order valence-corrected chi connectivity index (χ1v) is 7.81. The van der Waals surface area contributed by atoms with E-state index in [0.717, 1.165) is 23.2 Å². The van der Waals surface area contributed by atoms with E-state index in [1.807, 2.05) is 32.3 Å². The van der Waals surface area contributed by atoms with Crippen LogP contribution in [0.1, 0.15) is 22.3 Å². The number of halogens is 1. The lowest BCUT2D eigenvalue weighted by molar-refractivity contribution is 0.0325. The van der Waals surface area contributed by atoms with Crippen molar-refractivity contribution in [2.24, 2.45) is 0 Å². The first-order valence-electron chi connectivity index (χ1n) is 7.81. The van der Waals surface area contributed by atoms with E-state index in [4.69, 9.17) is 10.00 Å². The molecule has 4 heteroatoms. The Balaban J connectivity index is 2.10. The second-order valence-corrected chi connectivity index (χ2v) is 6.18. The van der Waals surface area contributed by atoms with Gasteiger partial charge in [-0.25, -0.2) is 4.39 Å². The topological polar surface area (TPSA) is 36.3 Å². The molecule has 1 aliphatic rings. The van der Waals surface area contributed by atoms with Gasteiger partial charge in [0.2, 0.25) is 0 Å². The number of hydrogen-bond acceptors (Lipinski definition) is 3. The predicted molar refractivity (Wildman–Crippen MR) is 90.8 cm³/mol. The summed E-state index contributed by atoms with van der Waals surface area (Å²) in [5.41, 5.74) is 2.75. The average molecular weight is 322 g/mol. The van der Waals surface area contributed by atoms with Crippen LogP contribution in [-0.2, 0) is 16.9 Å². The molecule has 0 N–H and O–H groups in total. The summed E-state index contributed by atoms with van der Waals surface area (Å²) in [4.78, 5) is 2.06. The van der Waals surface area contributed by atoms with E-state index in [9.17, 15) is 4.39 Å². The summed E-state index contributed by atoms with van der Waals surface area (Å²) >= 11 is 0. The van der Waals surface area contributed by atoms with Crippen LogP contribution in [-0.4, -0.2) is 25.5 Å². The Morgan fingerprint density at radius 3 is 2.67 bits per heavy atom. The summed E-state index contributed by atoms with van der Waals surface area (Å²) in [5, 5.41) is 9.10. The van der Waals surface area contributed by atoms with Crippen LogP contribution in [0.3, 0.4) is 0 Å². The van der Waals surface area contributed by atoms with E-state index in [-0.39, 0.29) is 5.82 Å². The van der Waals surface area contributed by atoms with E-state index < -0.39 is 5.60 Å². The van der Waals surface area contributed by atoms with Gasteiger partial charge in [0.1, 0.15) is 11.4 Å². The zero-order chi connectivity index (χ0) is 17.2. The minimum atomic E-state index is -0.743. The summed E-state index contributed by atoms with van der Waals surface area (Å²) in [7, 11) is 4.00. The van der Waals surface area contributed by atoms with Crippen LogP contribution >= 0.6 is 0 Å². The maximum atomic E-state index is 13.3. The Hall–Kier alpha value is -2.48. The molecule has 0 aliphatic carbocycles. The molecule has 0 fully saturated rings. The third-order valence-electron chi connectivity index (χ3n) is 4.19. The van der Waals surface area contributed by atoms with Crippen LogP contribution in [0.4, 0.5) is 4.39 Å². The number of nitriles is 1. The maximum absolute atomic E-state index is 13.3. The molecule has 1 heterocycles. The molecule has 3 nitrogen and oxygen atoms in total.